The number of aryl methyl sites for hydroxylation is 1. The maximum Gasteiger partial charge on any atom is 0.0541 e. The van der Waals surface area contributed by atoms with Gasteiger partial charge in [-0.15, -0.1) is 0 Å². The Labute approximate surface area is 110 Å². The zero-order valence-electron chi connectivity index (χ0n) is 11.4. The highest BCUT2D eigenvalue weighted by Crippen LogP contribution is 2.22. The van der Waals surface area contributed by atoms with Crippen LogP contribution in [-0.4, -0.2) is 17.3 Å². The van der Waals surface area contributed by atoms with Crippen LogP contribution in [0.1, 0.15) is 51.0 Å². The van der Waals surface area contributed by atoms with Gasteiger partial charge in [-0.3, -0.25) is 0 Å². The van der Waals surface area contributed by atoms with E-state index >= 15 is 0 Å². The van der Waals surface area contributed by atoms with Gasteiger partial charge >= 0.3 is 0 Å². The van der Waals surface area contributed by atoms with Gasteiger partial charge in [0.1, 0.15) is 0 Å². The lowest BCUT2D eigenvalue weighted by Gasteiger charge is -2.27. The Kier molecular flexibility index (Phi) is 5.06. The maximum atomic E-state index is 9.48. The molecular weight excluding hydrogens is 222 g/mol. The Morgan fingerprint density at radius 1 is 1.11 bits per heavy atom. The number of hydrogen-bond acceptors (Lipinski definition) is 2. The minimum Gasteiger partial charge on any atom is -0.393 e. The van der Waals surface area contributed by atoms with Crippen molar-refractivity contribution in [1.82, 2.24) is 0 Å². The van der Waals surface area contributed by atoms with E-state index in [1.165, 1.54) is 30.5 Å². The number of aliphatic hydroxyl groups excluding tert-OH is 1. The van der Waals surface area contributed by atoms with Crippen molar-refractivity contribution in [2.75, 3.05) is 5.32 Å². The second kappa shape index (κ2) is 6.79. The van der Waals surface area contributed by atoms with Gasteiger partial charge in [-0.1, -0.05) is 25.5 Å². The average molecular weight is 247 g/mol. The molecule has 18 heavy (non-hydrogen) atoms. The summed E-state index contributed by atoms with van der Waals surface area (Å²) in [6.07, 6.45) is 7.68. The molecule has 0 unspecified atom stereocenters. The van der Waals surface area contributed by atoms with E-state index in [2.05, 4.69) is 36.5 Å². The van der Waals surface area contributed by atoms with Gasteiger partial charge in [0.25, 0.3) is 0 Å². The molecule has 0 heterocycles. The number of nitrogens with one attached hydrogen (secondary N) is 1. The Hall–Kier alpha value is -1.02. The van der Waals surface area contributed by atoms with Crippen LogP contribution in [0.2, 0.25) is 0 Å². The van der Waals surface area contributed by atoms with E-state index in [1.54, 1.807) is 0 Å². The van der Waals surface area contributed by atoms with E-state index in [-0.39, 0.29) is 6.10 Å². The molecule has 0 aromatic heterocycles. The van der Waals surface area contributed by atoms with Gasteiger partial charge in [0.15, 0.2) is 0 Å². The lowest BCUT2D eigenvalue weighted by Crippen LogP contribution is -2.28. The van der Waals surface area contributed by atoms with Crippen LogP contribution in [0.15, 0.2) is 24.3 Å². The third-order valence-corrected chi connectivity index (χ3v) is 3.84. The topological polar surface area (TPSA) is 32.3 Å². The summed E-state index contributed by atoms with van der Waals surface area (Å²) in [4.78, 5) is 0. The summed E-state index contributed by atoms with van der Waals surface area (Å²) in [7, 11) is 0. The van der Waals surface area contributed by atoms with Gasteiger partial charge in [-0.25, -0.2) is 0 Å². The standard InChI is InChI=1S/C16H25NO/c1-2-3-4-13-5-7-14(8-6-13)17-15-9-11-16(18)12-10-15/h5-8,15-18H,2-4,9-12H2,1H3. The molecule has 2 rings (SSSR count). The second-order valence-corrected chi connectivity index (χ2v) is 5.45. The first-order chi connectivity index (χ1) is 8.78. The Balaban J connectivity index is 1.82. The Bertz CT molecular complexity index is 339. The molecule has 0 saturated heterocycles. The molecule has 0 bridgehead atoms. The highest BCUT2D eigenvalue weighted by molar-refractivity contribution is 5.45. The van der Waals surface area contributed by atoms with Crippen molar-refractivity contribution in [3.05, 3.63) is 29.8 Å². The zero-order valence-corrected chi connectivity index (χ0v) is 11.4. The van der Waals surface area contributed by atoms with Crippen LogP contribution in [0.3, 0.4) is 0 Å². The number of hydrogen-bond donors (Lipinski definition) is 2. The molecule has 2 heteroatoms. The maximum absolute atomic E-state index is 9.48. The number of rotatable bonds is 5. The molecule has 100 valence electrons. The Morgan fingerprint density at radius 3 is 2.39 bits per heavy atom. The van der Waals surface area contributed by atoms with Crippen molar-refractivity contribution in [3.63, 3.8) is 0 Å². The molecule has 0 amide bonds. The molecule has 2 N–H and O–H groups in total. The average Bonchev–Trinajstić information content (AvgIpc) is 2.41. The first-order valence-electron chi connectivity index (χ1n) is 7.31. The minimum absolute atomic E-state index is 0.0699. The van der Waals surface area contributed by atoms with Gasteiger partial charge in [0.05, 0.1) is 6.10 Å². The van der Waals surface area contributed by atoms with E-state index in [4.69, 9.17) is 0 Å². The van der Waals surface area contributed by atoms with Gasteiger partial charge in [0, 0.05) is 11.7 Å². The summed E-state index contributed by atoms with van der Waals surface area (Å²) in [6.45, 7) is 2.23. The third-order valence-electron chi connectivity index (χ3n) is 3.84. The predicted molar refractivity (Wildman–Crippen MR) is 76.9 cm³/mol. The second-order valence-electron chi connectivity index (χ2n) is 5.45. The van der Waals surface area contributed by atoms with Crippen molar-refractivity contribution in [2.24, 2.45) is 0 Å². The molecule has 2 nitrogen and oxygen atoms in total. The van der Waals surface area contributed by atoms with Gasteiger partial charge in [0.2, 0.25) is 0 Å². The summed E-state index contributed by atoms with van der Waals surface area (Å²) >= 11 is 0. The van der Waals surface area contributed by atoms with Crippen molar-refractivity contribution in [3.8, 4) is 0 Å². The van der Waals surface area contributed by atoms with Gasteiger partial charge in [-0.2, -0.15) is 0 Å². The fraction of sp³-hybridized carbons (Fsp3) is 0.625. The number of unbranched alkanes of at least 4 members (excludes halogenated alkanes) is 1. The minimum atomic E-state index is -0.0699. The largest absolute Gasteiger partial charge is 0.393 e. The molecule has 0 atom stereocenters. The molecule has 0 spiro atoms. The molecule has 0 aliphatic heterocycles. The smallest absolute Gasteiger partial charge is 0.0541 e. The fourth-order valence-corrected chi connectivity index (χ4v) is 2.60. The summed E-state index contributed by atoms with van der Waals surface area (Å²) in [6, 6.07) is 9.38. The normalized spacial score (nSPS) is 23.9. The van der Waals surface area contributed by atoms with Crippen LogP contribution in [0, 0.1) is 0 Å². The van der Waals surface area contributed by atoms with Crippen LogP contribution >= 0.6 is 0 Å². The third kappa shape index (κ3) is 4.02. The quantitative estimate of drug-likeness (QED) is 0.830. The summed E-state index contributed by atoms with van der Waals surface area (Å²) in [5.74, 6) is 0. The van der Waals surface area contributed by atoms with E-state index in [9.17, 15) is 5.11 Å². The number of anilines is 1. The SMILES string of the molecule is CCCCc1ccc(NC2CCC(O)CC2)cc1. The van der Waals surface area contributed by atoms with Crippen LogP contribution in [0.5, 0.6) is 0 Å². The summed E-state index contributed by atoms with van der Waals surface area (Å²) < 4.78 is 0. The van der Waals surface area contributed by atoms with Crippen LogP contribution in [-0.2, 0) is 6.42 Å². The Morgan fingerprint density at radius 2 is 1.78 bits per heavy atom. The van der Waals surface area contributed by atoms with Crippen molar-refractivity contribution < 1.29 is 5.11 Å². The molecule has 1 fully saturated rings. The van der Waals surface area contributed by atoms with Gasteiger partial charge < -0.3 is 10.4 Å². The van der Waals surface area contributed by atoms with E-state index in [0.29, 0.717) is 6.04 Å². The van der Waals surface area contributed by atoms with Crippen molar-refractivity contribution in [1.29, 1.82) is 0 Å². The van der Waals surface area contributed by atoms with Crippen LogP contribution < -0.4 is 5.32 Å². The lowest BCUT2D eigenvalue weighted by molar-refractivity contribution is 0.126. The predicted octanol–water partition coefficient (Wildman–Crippen LogP) is 3.74. The number of aliphatic hydroxyl groups is 1. The molecule has 1 aromatic carbocycles. The van der Waals surface area contributed by atoms with E-state index < -0.39 is 0 Å². The molecular formula is C16H25NO. The van der Waals surface area contributed by atoms with Crippen LogP contribution in [0.4, 0.5) is 5.69 Å². The van der Waals surface area contributed by atoms with Crippen molar-refractivity contribution in [2.45, 2.75) is 64.0 Å². The monoisotopic (exact) mass is 247 g/mol. The molecule has 1 aliphatic rings. The zero-order chi connectivity index (χ0) is 12.8. The molecule has 1 saturated carbocycles. The molecule has 1 aliphatic carbocycles. The first kappa shape index (κ1) is 13.4. The highest BCUT2D eigenvalue weighted by atomic mass is 16.3. The first-order valence-corrected chi connectivity index (χ1v) is 7.31. The van der Waals surface area contributed by atoms with E-state index in [0.717, 1.165) is 25.7 Å². The molecule has 1 aromatic rings. The van der Waals surface area contributed by atoms with Gasteiger partial charge in [-0.05, 0) is 56.2 Å². The summed E-state index contributed by atoms with van der Waals surface area (Å²) in [5, 5.41) is 13.1. The number of benzene rings is 1. The van der Waals surface area contributed by atoms with Crippen molar-refractivity contribution >= 4 is 5.69 Å². The fourth-order valence-electron chi connectivity index (χ4n) is 2.60. The lowest BCUT2D eigenvalue weighted by atomic mass is 9.93. The highest BCUT2D eigenvalue weighted by Gasteiger charge is 2.18. The summed E-state index contributed by atoms with van der Waals surface area (Å²) in [5.41, 5.74) is 2.65. The van der Waals surface area contributed by atoms with E-state index in [1.807, 2.05) is 0 Å². The molecule has 0 radical (unpaired) electrons. The van der Waals surface area contributed by atoms with Crippen LogP contribution in [0.25, 0.3) is 0 Å².